The average molecular weight is 363 g/mol. The quantitative estimate of drug-likeness (QED) is 0.401. The van der Waals surface area contributed by atoms with Crippen molar-refractivity contribution < 1.29 is 4.74 Å². The summed E-state index contributed by atoms with van der Waals surface area (Å²) in [5, 5.41) is 0. The molecule has 3 aliphatic carbocycles. The van der Waals surface area contributed by atoms with Gasteiger partial charge in [-0.25, -0.2) is 0 Å². The van der Waals surface area contributed by atoms with Crippen molar-refractivity contribution in [3.05, 3.63) is 0 Å². The molecule has 3 fully saturated rings. The van der Waals surface area contributed by atoms with Gasteiger partial charge in [0.15, 0.2) is 0 Å². The number of ether oxygens (including phenoxy) is 1. The molecule has 0 heterocycles. The van der Waals surface area contributed by atoms with Gasteiger partial charge in [0, 0.05) is 6.61 Å². The minimum atomic E-state index is 0.593. The molecule has 0 aromatic carbocycles. The van der Waals surface area contributed by atoms with Gasteiger partial charge in [-0.05, 0) is 93.8 Å². The summed E-state index contributed by atoms with van der Waals surface area (Å²) in [6.07, 6.45) is 23.8. The minimum Gasteiger partial charge on any atom is -0.378 e. The lowest BCUT2D eigenvalue weighted by molar-refractivity contribution is -0.0129. The van der Waals surface area contributed by atoms with Gasteiger partial charge in [-0.2, -0.15) is 0 Å². The van der Waals surface area contributed by atoms with E-state index >= 15 is 0 Å². The first kappa shape index (κ1) is 20.7. The van der Waals surface area contributed by atoms with Crippen LogP contribution >= 0.6 is 0 Å². The normalized spacial score (nSPS) is 39.0. The van der Waals surface area contributed by atoms with Crippen LogP contribution in [0.2, 0.25) is 0 Å². The summed E-state index contributed by atoms with van der Waals surface area (Å²) in [7, 11) is 0. The zero-order valence-electron chi connectivity index (χ0n) is 17.9. The predicted molar refractivity (Wildman–Crippen MR) is 112 cm³/mol. The van der Waals surface area contributed by atoms with Gasteiger partial charge in [0.2, 0.25) is 0 Å². The van der Waals surface area contributed by atoms with Gasteiger partial charge in [-0.3, -0.25) is 0 Å². The topological polar surface area (TPSA) is 9.23 Å². The van der Waals surface area contributed by atoms with Crippen molar-refractivity contribution in [2.45, 2.75) is 123 Å². The van der Waals surface area contributed by atoms with Crippen LogP contribution in [0.3, 0.4) is 0 Å². The first-order chi connectivity index (χ1) is 12.7. The van der Waals surface area contributed by atoms with Gasteiger partial charge in [0.05, 0.1) is 6.10 Å². The lowest BCUT2D eigenvalue weighted by atomic mass is 9.69. The third-order valence-electron chi connectivity index (χ3n) is 8.20. The van der Waals surface area contributed by atoms with Crippen molar-refractivity contribution in [1.29, 1.82) is 0 Å². The highest BCUT2D eigenvalue weighted by Gasteiger charge is 2.30. The van der Waals surface area contributed by atoms with E-state index in [-0.39, 0.29) is 0 Å². The molecule has 0 saturated heterocycles. The van der Waals surface area contributed by atoms with Gasteiger partial charge in [0.1, 0.15) is 0 Å². The summed E-state index contributed by atoms with van der Waals surface area (Å²) in [6.45, 7) is 5.83. The molecule has 0 aliphatic heterocycles. The van der Waals surface area contributed by atoms with Crippen LogP contribution in [0.15, 0.2) is 0 Å². The molecule has 0 aromatic rings. The number of unbranched alkanes of at least 4 members (excludes halogenated alkanes) is 2. The Morgan fingerprint density at radius 3 is 1.85 bits per heavy atom. The monoisotopic (exact) mass is 362 g/mol. The molecule has 26 heavy (non-hydrogen) atoms. The fourth-order valence-corrected chi connectivity index (χ4v) is 6.13. The molecule has 0 aromatic heterocycles. The standard InChI is InChI=1S/C25H46O/c1-3-4-5-6-21-11-17-25(18-12-21)26-19-22-9-15-24(16-10-22)23-13-7-20(2)8-14-23/h20-25H,3-19H2,1-2H3. The lowest BCUT2D eigenvalue weighted by Crippen LogP contribution is -2.28. The van der Waals surface area contributed by atoms with Gasteiger partial charge in [-0.1, -0.05) is 52.4 Å². The molecular weight excluding hydrogens is 316 g/mol. The summed E-state index contributed by atoms with van der Waals surface area (Å²) in [4.78, 5) is 0. The Kier molecular flexibility index (Phi) is 8.82. The first-order valence-corrected chi connectivity index (χ1v) is 12.4. The van der Waals surface area contributed by atoms with Crippen molar-refractivity contribution >= 4 is 0 Å². The fourth-order valence-electron chi connectivity index (χ4n) is 6.13. The average Bonchev–Trinajstić information content (AvgIpc) is 2.69. The Morgan fingerprint density at radius 2 is 1.23 bits per heavy atom. The van der Waals surface area contributed by atoms with Gasteiger partial charge >= 0.3 is 0 Å². The van der Waals surface area contributed by atoms with Crippen LogP contribution in [0.4, 0.5) is 0 Å². The van der Waals surface area contributed by atoms with Crippen molar-refractivity contribution in [2.75, 3.05) is 6.61 Å². The van der Waals surface area contributed by atoms with Crippen molar-refractivity contribution in [1.82, 2.24) is 0 Å². The van der Waals surface area contributed by atoms with E-state index in [1.807, 2.05) is 0 Å². The number of rotatable bonds is 8. The maximum absolute atomic E-state index is 6.39. The van der Waals surface area contributed by atoms with Crippen LogP contribution in [-0.4, -0.2) is 12.7 Å². The third kappa shape index (κ3) is 6.54. The van der Waals surface area contributed by atoms with Crippen molar-refractivity contribution in [3.63, 3.8) is 0 Å². The van der Waals surface area contributed by atoms with Gasteiger partial charge in [-0.15, -0.1) is 0 Å². The molecule has 0 bridgehead atoms. The Balaban J connectivity index is 1.25. The van der Waals surface area contributed by atoms with E-state index in [9.17, 15) is 0 Å². The molecule has 0 N–H and O–H groups in total. The highest BCUT2D eigenvalue weighted by atomic mass is 16.5. The molecule has 1 heteroatoms. The van der Waals surface area contributed by atoms with Crippen LogP contribution in [0.5, 0.6) is 0 Å². The number of hydrogen-bond acceptors (Lipinski definition) is 1. The van der Waals surface area contributed by atoms with Gasteiger partial charge in [0.25, 0.3) is 0 Å². The second-order valence-corrected chi connectivity index (χ2v) is 10.3. The molecule has 0 spiro atoms. The zero-order valence-corrected chi connectivity index (χ0v) is 17.9. The molecule has 3 aliphatic rings. The fraction of sp³-hybridized carbons (Fsp3) is 1.00. The van der Waals surface area contributed by atoms with E-state index in [0.29, 0.717) is 6.10 Å². The first-order valence-electron chi connectivity index (χ1n) is 12.4. The lowest BCUT2D eigenvalue weighted by Gasteiger charge is -2.37. The van der Waals surface area contributed by atoms with E-state index in [4.69, 9.17) is 4.74 Å². The Bertz CT molecular complexity index is 354. The van der Waals surface area contributed by atoms with Crippen LogP contribution in [-0.2, 0) is 4.74 Å². The summed E-state index contributed by atoms with van der Waals surface area (Å²) in [5.41, 5.74) is 0. The highest BCUT2D eigenvalue weighted by Crippen LogP contribution is 2.41. The number of hydrogen-bond donors (Lipinski definition) is 0. The second-order valence-electron chi connectivity index (χ2n) is 10.3. The maximum atomic E-state index is 6.39. The summed E-state index contributed by atoms with van der Waals surface area (Å²) >= 11 is 0. The third-order valence-corrected chi connectivity index (χ3v) is 8.20. The van der Waals surface area contributed by atoms with Crippen LogP contribution in [0.1, 0.15) is 117 Å². The molecule has 3 rings (SSSR count). The molecule has 0 radical (unpaired) electrons. The van der Waals surface area contributed by atoms with Crippen molar-refractivity contribution in [2.24, 2.45) is 29.6 Å². The molecule has 1 nitrogen and oxygen atoms in total. The smallest absolute Gasteiger partial charge is 0.0575 e. The van der Waals surface area contributed by atoms with Crippen LogP contribution in [0, 0.1) is 29.6 Å². The van der Waals surface area contributed by atoms with Crippen LogP contribution in [0.25, 0.3) is 0 Å². The molecule has 0 atom stereocenters. The minimum absolute atomic E-state index is 0.593. The molecular formula is C25H46O. The largest absolute Gasteiger partial charge is 0.378 e. The highest BCUT2D eigenvalue weighted by molar-refractivity contribution is 4.81. The van der Waals surface area contributed by atoms with E-state index in [1.165, 1.54) is 103 Å². The second kappa shape index (κ2) is 11.1. The van der Waals surface area contributed by atoms with E-state index in [1.54, 1.807) is 0 Å². The van der Waals surface area contributed by atoms with Crippen LogP contribution < -0.4 is 0 Å². The molecule has 0 unspecified atom stereocenters. The summed E-state index contributed by atoms with van der Waals surface area (Å²) < 4.78 is 6.39. The van der Waals surface area contributed by atoms with E-state index in [0.717, 1.165) is 36.2 Å². The predicted octanol–water partition coefficient (Wildman–Crippen LogP) is 7.77. The molecule has 3 saturated carbocycles. The Labute approximate surface area is 164 Å². The molecule has 0 amide bonds. The SMILES string of the molecule is CCCCCC1CCC(OCC2CCC(C3CCC(C)CC3)CC2)CC1. The Hall–Kier alpha value is -0.0400. The van der Waals surface area contributed by atoms with E-state index < -0.39 is 0 Å². The zero-order chi connectivity index (χ0) is 18.2. The maximum Gasteiger partial charge on any atom is 0.0575 e. The Morgan fingerprint density at radius 1 is 0.654 bits per heavy atom. The summed E-state index contributed by atoms with van der Waals surface area (Å²) in [6, 6.07) is 0. The molecule has 152 valence electrons. The van der Waals surface area contributed by atoms with Gasteiger partial charge < -0.3 is 4.74 Å². The van der Waals surface area contributed by atoms with Crippen molar-refractivity contribution in [3.8, 4) is 0 Å². The summed E-state index contributed by atoms with van der Waals surface area (Å²) in [5.74, 6) is 5.00. The van der Waals surface area contributed by atoms with E-state index in [2.05, 4.69) is 13.8 Å².